The standard InChI is InChI=1S/C34H28ClFN6O2/c1-20-26(27-5-2-3-7-28(27)35)6-4-9-34(20,33-40-29-13-21(19-43)11-24(14-37)31(29)44-33)41-32-30-23(8-10-38-32)12-22(15-39-30)16-42-17-25(36)18-42/h2-13,15,20,25,43H,16-19H2,1H3,(H,38,41). The zero-order valence-corrected chi connectivity index (χ0v) is 24.6. The van der Waals surface area contributed by atoms with E-state index in [0.717, 1.165) is 22.1 Å². The lowest BCUT2D eigenvalue weighted by atomic mass is 9.74. The smallest absolute Gasteiger partial charge is 0.225 e. The van der Waals surface area contributed by atoms with Gasteiger partial charge in [-0.25, -0.2) is 14.4 Å². The van der Waals surface area contributed by atoms with Crippen LogP contribution < -0.4 is 5.32 Å². The van der Waals surface area contributed by atoms with Gasteiger partial charge in [0, 0.05) is 48.4 Å². The van der Waals surface area contributed by atoms with Gasteiger partial charge in [-0.05, 0) is 58.7 Å². The van der Waals surface area contributed by atoms with Crippen LogP contribution >= 0.6 is 11.6 Å². The quantitative estimate of drug-likeness (QED) is 0.215. The van der Waals surface area contributed by atoms with Crippen LogP contribution in [0.25, 0.3) is 27.6 Å². The Kier molecular flexibility index (Phi) is 7.13. The summed E-state index contributed by atoms with van der Waals surface area (Å²) >= 11 is 6.68. The highest BCUT2D eigenvalue weighted by Crippen LogP contribution is 2.47. The van der Waals surface area contributed by atoms with E-state index in [-0.39, 0.29) is 18.1 Å². The molecule has 0 saturated carbocycles. The van der Waals surface area contributed by atoms with Gasteiger partial charge < -0.3 is 14.8 Å². The highest BCUT2D eigenvalue weighted by atomic mass is 35.5. The number of hydrogen-bond acceptors (Lipinski definition) is 8. The Balaban J connectivity index is 1.36. The molecule has 2 aliphatic rings. The molecule has 0 radical (unpaired) electrons. The first-order valence-electron chi connectivity index (χ1n) is 14.4. The average Bonchev–Trinajstić information content (AvgIpc) is 3.46. The van der Waals surface area contributed by atoms with Crippen molar-refractivity contribution in [3.05, 3.63) is 112 Å². The summed E-state index contributed by atoms with van der Waals surface area (Å²) in [6.45, 7) is 3.34. The number of aliphatic hydroxyl groups excluding tert-OH is 1. The third kappa shape index (κ3) is 4.81. The molecule has 0 bridgehead atoms. The monoisotopic (exact) mass is 606 g/mol. The molecule has 3 aromatic heterocycles. The van der Waals surface area contributed by atoms with Crippen LogP contribution in [0.5, 0.6) is 0 Å². The molecule has 1 fully saturated rings. The fourth-order valence-electron chi connectivity index (χ4n) is 6.13. The van der Waals surface area contributed by atoms with Crippen molar-refractivity contribution in [3.8, 4) is 6.07 Å². The van der Waals surface area contributed by atoms with Gasteiger partial charge >= 0.3 is 0 Å². The third-order valence-corrected chi connectivity index (χ3v) is 8.81. The van der Waals surface area contributed by atoms with E-state index in [2.05, 4.69) is 24.4 Å². The zero-order chi connectivity index (χ0) is 30.4. The molecule has 2 N–H and O–H groups in total. The van der Waals surface area contributed by atoms with Crippen molar-refractivity contribution in [2.24, 2.45) is 5.92 Å². The Bertz CT molecular complexity index is 2010. The lowest BCUT2D eigenvalue weighted by Gasteiger charge is -2.39. The minimum atomic E-state index is -1.07. The number of benzene rings is 2. The van der Waals surface area contributed by atoms with E-state index in [0.29, 0.717) is 58.5 Å². The molecule has 10 heteroatoms. The van der Waals surface area contributed by atoms with Gasteiger partial charge in [0.25, 0.3) is 0 Å². The molecule has 2 aromatic carbocycles. The van der Waals surface area contributed by atoms with E-state index in [4.69, 9.17) is 31.0 Å². The van der Waals surface area contributed by atoms with Crippen molar-refractivity contribution in [1.29, 1.82) is 5.26 Å². The summed E-state index contributed by atoms with van der Waals surface area (Å²) in [4.78, 5) is 16.4. The first-order valence-corrected chi connectivity index (χ1v) is 14.7. The largest absolute Gasteiger partial charge is 0.436 e. The maximum atomic E-state index is 13.4. The lowest BCUT2D eigenvalue weighted by Crippen LogP contribution is -2.47. The predicted octanol–water partition coefficient (Wildman–Crippen LogP) is 6.54. The van der Waals surface area contributed by atoms with Crippen LogP contribution in [0.4, 0.5) is 10.2 Å². The number of anilines is 1. The molecular formula is C34H28ClFN6O2. The number of alkyl halides is 1. The molecule has 0 spiro atoms. The van der Waals surface area contributed by atoms with E-state index in [1.807, 2.05) is 53.5 Å². The summed E-state index contributed by atoms with van der Waals surface area (Å²) in [6, 6.07) is 17.1. The molecule has 1 aliphatic carbocycles. The fourth-order valence-corrected chi connectivity index (χ4v) is 6.38. The number of aliphatic hydroxyl groups is 1. The Morgan fingerprint density at radius 2 is 2.02 bits per heavy atom. The number of fused-ring (bicyclic) bond motifs is 2. The number of allylic oxidation sites excluding steroid dienone is 2. The second-order valence-electron chi connectivity index (χ2n) is 11.3. The first kappa shape index (κ1) is 28.2. The van der Waals surface area contributed by atoms with Crippen LogP contribution in [-0.4, -0.2) is 44.2 Å². The summed E-state index contributed by atoms with van der Waals surface area (Å²) in [6.07, 6.45) is 8.71. The number of nitriles is 1. The molecule has 2 atom stereocenters. The summed E-state index contributed by atoms with van der Waals surface area (Å²) in [5.41, 5.74) is 4.08. The highest BCUT2D eigenvalue weighted by molar-refractivity contribution is 6.32. The highest BCUT2D eigenvalue weighted by Gasteiger charge is 2.45. The molecule has 8 nitrogen and oxygen atoms in total. The first-order chi connectivity index (χ1) is 21.4. The predicted molar refractivity (Wildman–Crippen MR) is 167 cm³/mol. The Labute approximate surface area is 258 Å². The van der Waals surface area contributed by atoms with Gasteiger partial charge in [0.05, 0.1) is 12.2 Å². The lowest BCUT2D eigenvalue weighted by molar-refractivity contribution is 0.0591. The van der Waals surface area contributed by atoms with Gasteiger partial charge in [-0.1, -0.05) is 48.9 Å². The molecule has 44 heavy (non-hydrogen) atoms. The van der Waals surface area contributed by atoms with Crippen LogP contribution in [0.1, 0.15) is 35.1 Å². The number of nitrogens with one attached hydrogen (secondary N) is 1. The van der Waals surface area contributed by atoms with Gasteiger partial charge in [-0.2, -0.15) is 5.26 Å². The normalized spacial score (nSPS) is 20.4. The van der Waals surface area contributed by atoms with Gasteiger partial charge in [0.15, 0.2) is 11.4 Å². The van der Waals surface area contributed by atoms with E-state index in [9.17, 15) is 14.8 Å². The second-order valence-corrected chi connectivity index (χ2v) is 11.7. The Hall–Kier alpha value is -4.62. The van der Waals surface area contributed by atoms with Crippen LogP contribution in [0.15, 0.2) is 83.6 Å². The second kappa shape index (κ2) is 11.1. The average molecular weight is 607 g/mol. The van der Waals surface area contributed by atoms with Gasteiger partial charge in [-0.3, -0.25) is 9.88 Å². The molecule has 1 saturated heterocycles. The SMILES string of the molecule is CC1C(c2ccccc2Cl)=CC=CC1(Nc1nccc2cc(CN3CC(F)C3)cnc12)c1nc2cc(CO)cc(C#N)c2o1. The number of pyridine rings is 2. The number of nitrogens with zero attached hydrogens (tertiary/aromatic N) is 5. The number of halogens is 2. The maximum absolute atomic E-state index is 13.4. The van der Waals surface area contributed by atoms with Crippen molar-refractivity contribution >= 4 is 45.0 Å². The number of oxazole rings is 1. The van der Waals surface area contributed by atoms with E-state index < -0.39 is 11.7 Å². The summed E-state index contributed by atoms with van der Waals surface area (Å²) in [5.74, 6) is 0.576. The van der Waals surface area contributed by atoms with Crippen molar-refractivity contribution < 1.29 is 13.9 Å². The van der Waals surface area contributed by atoms with E-state index >= 15 is 0 Å². The van der Waals surface area contributed by atoms with E-state index in [1.165, 1.54) is 0 Å². The topological polar surface area (TPSA) is 111 Å². The molecule has 0 amide bonds. The van der Waals surface area contributed by atoms with Crippen molar-refractivity contribution in [2.75, 3.05) is 18.4 Å². The van der Waals surface area contributed by atoms with Gasteiger partial charge in [-0.15, -0.1) is 0 Å². The van der Waals surface area contributed by atoms with Gasteiger partial charge in [0.2, 0.25) is 5.89 Å². The number of rotatable bonds is 7. The van der Waals surface area contributed by atoms with Crippen LogP contribution in [0.3, 0.4) is 0 Å². The minimum absolute atomic E-state index is 0.231. The van der Waals surface area contributed by atoms with Gasteiger partial charge in [0.1, 0.15) is 28.8 Å². The number of aromatic nitrogens is 3. The van der Waals surface area contributed by atoms with Crippen LogP contribution in [0, 0.1) is 17.2 Å². The molecule has 1 aliphatic heterocycles. The summed E-state index contributed by atoms with van der Waals surface area (Å²) < 4.78 is 19.8. The van der Waals surface area contributed by atoms with E-state index in [1.54, 1.807) is 24.5 Å². The number of hydrogen-bond donors (Lipinski definition) is 2. The summed E-state index contributed by atoms with van der Waals surface area (Å²) in [5, 5.41) is 24.8. The Morgan fingerprint density at radius 3 is 2.80 bits per heavy atom. The molecule has 220 valence electrons. The molecule has 2 unspecified atom stereocenters. The third-order valence-electron chi connectivity index (χ3n) is 8.48. The minimum Gasteiger partial charge on any atom is -0.436 e. The van der Waals surface area contributed by atoms with Crippen molar-refractivity contribution in [1.82, 2.24) is 19.9 Å². The molecule has 7 rings (SSSR count). The van der Waals surface area contributed by atoms with Crippen molar-refractivity contribution in [2.45, 2.75) is 31.8 Å². The van der Waals surface area contributed by atoms with Crippen molar-refractivity contribution in [3.63, 3.8) is 0 Å². The van der Waals surface area contributed by atoms with Crippen LogP contribution in [-0.2, 0) is 18.7 Å². The van der Waals surface area contributed by atoms with Crippen LogP contribution in [0.2, 0.25) is 5.02 Å². The zero-order valence-electron chi connectivity index (χ0n) is 23.8. The fraction of sp³-hybridized carbons (Fsp3) is 0.235. The maximum Gasteiger partial charge on any atom is 0.225 e. The number of likely N-dealkylation sites (tertiary alicyclic amines) is 1. The molecule has 4 heterocycles. The Morgan fingerprint density at radius 1 is 1.18 bits per heavy atom. The molecular weight excluding hydrogens is 579 g/mol. The molecule has 5 aromatic rings. The summed E-state index contributed by atoms with van der Waals surface area (Å²) in [7, 11) is 0.